The van der Waals surface area contributed by atoms with Crippen LogP contribution in [0, 0.1) is 6.92 Å². The van der Waals surface area contributed by atoms with Gasteiger partial charge >= 0.3 is 0 Å². The Morgan fingerprint density at radius 2 is 1.78 bits per heavy atom. The number of likely N-dealkylation sites (N-methyl/N-ethyl adjacent to an activating group) is 2. The molecule has 2 aromatic rings. The third kappa shape index (κ3) is 4.11. The van der Waals surface area contributed by atoms with Gasteiger partial charge in [-0.3, -0.25) is 9.69 Å². The topological polar surface area (TPSA) is 43.8 Å². The molecule has 0 fully saturated rings. The fraction of sp³-hybridized carbons (Fsp3) is 0.316. The summed E-state index contributed by atoms with van der Waals surface area (Å²) in [5, 5.41) is 9.56. The molecule has 0 radical (unpaired) electrons. The molecule has 0 aromatic heterocycles. The zero-order valence-electron chi connectivity index (χ0n) is 14.2. The molecule has 0 aliphatic carbocycles. The van der Waals surface area contributed by atoms with E-state index in [4.69, 9.17) is 0 Å². The Bertz CT molecular complexity index is 683. The standard InChI is InChI=1S/C19H24N2O2/c1-14-8-5-6-11-17(14)18(20(2)3)19(23)21(4)13-15-9-7-10-16(22)12-15/h5-12,18,22H,13H2,1-4H3/t18-/m1/s1. The smallest absolute Gasteiger partial charge is 0.244 e. The number of hydrogen-bond donors (Lipinski definition) is 1. The molecule has 0 aliphatic rings. The Morgan fingerprint density at radius 3 is 2.39 bits per heavy atom. The van der Waals surface area contributed by atoms with Gasteiger partial charge in [0.1, 0.15) is 11.8 Å². The van der Waals surface area contributed by atoms with E-state index in [0.717, 1.165) is 16.7 Å². The van der Waals surface area contributed by atoms with E-state index in [1.165, 1.54) is 0 Å². The van der Waals surface area contributed by atoms with E-state index in [2.05, 4.69) is 0 Å². The molecule has 4 heteroatoms. The highest BCUT2D eigenvalue weighted by Crippen LogP contribution is 2.24. The lowest BCUT2D eigenvalue weighted by Crippen LogP contribution is -2.38. The van der Waals surface area contributed by atoms with Crippen molar-refractivity contribution in [2.45, 2.75) is 19.5 Å². The minimum absolute atomic E-state index is 0.0349. The lowest BCUT2D eigenvalue weighted by Gasteiger charge is -2.29. The normalized spacial score (nSPS) is 12.2. The summed E-state index contributed by atoms with van der Waals surface area (Å²) in [7, 11) is 5.62. The lowest BCUT2D eigenvalue weighted by molar-refractivity contribution is -0.135. The highest BCUT2D eigenvalue weighted by Gasteiger charge is 2.27. The molecule has 0 bridgehead atoms. The fourth-order valence-corrected chi connectivity index (χ4v) is 2.74. The van der Waals surface area contributed by atoms with E-state index in [0.29, 0.717) is 6.54 Å². The van der Waals surface area contributed by atoms with Crippen LogP contribution >= 0.6 is 0 Å². The summed E-state index contributed by atoms with van der Waals surface area (Å²) < 4.78 is 0. The molecule has 2 rings (SSSR count). The van der Waals surface area contributed by atoms with Crippen molar-refractivity contribution in [3.8, 4) is 5.75 Å². The van der Waals surface area contributed by atoms with Crippen molar-refractivity contribution < 1.29 is 9.90 Å². The molecule has 0 saturated heterocycles. The molecule has 0 aliphatic heterocycles. The van der Waals surface area contributed by atoms with Crippen LogP contribution in [0.4, 0.5) is 0 Å². The van der Waals surface area contributed by atoms with Gasteiger partial charge < -0.3 is 10.0 Å². The molecule has 4 nitrogen and oxygen atoms in total. The molecule has 0 heterocycles. The van der Waals surface area contributed by atoms with Gasteiger partial charge in [0.2, 0.25) is 5.91 Å². The fourth-order valence-electron chi connectivity index (χ4n) is 2.74. The zero-order chi connectivity index (χ0) is 17.0. The van der Waals surface area contributed by atoms with Crippen LogP contribution in [0.15, 0.2) is 48.5 Å². The van der Waals surface area contributed by atoms with Crippen molar-refractivity contribution in [3.05, 3.63) is 65.2 Å². The third-order valence-electron chi connectivity index (χ3n) is 3.94. The number of phenols is 1. The predicted octanol–water partition coefficient (Wildman–Crippen LogP) is 2.96. The summed E-state index contributed by atoms with van der Waals surface area (Å²) in [5.41, 5.74) is 3.03. The van der Waals surface area contributed by atoms with Crippen molar-refractivity contribution >= 4 is 5.91 Å². The van der Waals surface area contributed by atoms with Gasteiger partial charge in [0, 0.05) is 13.6 Å². The van der Waals surface area contributed by atoms with Crippen molar-refractivity contribution in [2.24, 2.45) is 0 Å². The van der Waals surface area contributed by atoms with Crippen molar-refractivity contribution in [2.75, 3.05) is 21.1 Å². The Balaban J connectivity index is 2.22. The van der Waals surface area contributed by atoms with E-state index < -0.39 is 0 Å². The van der Waals surface area contributed by atoms with E-state index in [1.54, 1.807) is 30.1 Å². The maximum atomic E-state index is 12.9. The summed E-state index contributed by atoms with van der Waals surface area (Å²) in [5.74, 6) is 0.249. The first-order valence-electron chi connectivity index (χ1n) is 7.65. The van der Waals surface area contributed by atoms with Crippen LogP contribution in [0.5, 0.6) is 5.75 Å². The Morgan fingerprint density at radius 1 is 1.09 bits per heavy atom. The Kier molecular flexibility index (Phi) is 5.40. The van der Waals surface area contributed by atoms with Crippen LogP contribution in [0.3, 0.4) is 0 Å². The second kappa shape index (κ2) is 7.29. The molecule has 1 atom stereocenters. The number of carbonyl (C=O) groups excluding carboxylic acids is 1. The van der Waals surface area contributed by atoms with Crippen LogP contribution in [-0.2, 0) is 11.3 Å². The summed E-state index contributed by atoms with van der Waals surface area (Å²) >= 11 is 0. The van der Waals surface area contributed by atoms with Gasteiger partial charge in [0.05, 0.1) is 0 Å². The van der Waals surface area contributed by atoms with Crippen molar-refractivity contribution in [3.63, 3.8) is 0 Å². The monoisotopic (exact) mass is 312 g/mol. The Hall–Kier alpha value is -2.33. The van der Waals surface area contributed by atoms with Crippen molar-refractivity contribution in [1.29, 1.82) is 0 Å². The van der Waals surface area contributed by atoms with E-state index in [1.807, 2.05) is 56.3 Å². The van der Waals surface area contributed by atoms with Gasteiger partial charge in [-0.25, -0.2) is 0 Å². The first-order chi connectivity index (χ1) is 10.9. The first-order valence-corrected chi connectivity index (χ1v) is 7.65. The highest BCUT2D eigenvalue weighted by molar-refractivity contribution is 5.83. The van der Waals surface area contributed by atoms with E-state index >= 15 is 0 Å². The quantitative estimate of drug-likeness (QED) is 0.923. The molecule has 23 heavy (non-hydrogen) atoms. The Labute approximate surface area is 138 Å². The number of aryl methyl sites for hydroxylation is 1. The molecule has 0 saturated carbocycles. The summed E-state index contributed by atoms with van der Waals surface area (Å²) in [6.45, 7) is 2.48. The maximum Gasteiger partial charge on any atom is 0.244 e. The molecule has 1 amide bonds. The molecule has 122 valence electrons. The number of phenolic OH excluding ortho intramolecular Hbond substituents is 1. The summed E-state index contributed by atoms with van der Waals surface area (Å²) in [6, 6.07) is 14.6. The van der Waals surface area contributed by atoms with Gasteiger partial charge in [-0.05, 0) is 49.8 Å². The van der Waals surface area contributed by atoms with Crippen LogP contribution in [-0.4, -0.2) is 42.0 Å². The molecular formula is C19H24N2O2. The summed E-state index contributed by atoms with van der Waals surface area (Å²) in [4.78, 5) is 16.6. The molecule has 0 unspecified atom stereocenters. The minimum atomic E-state index is -0.321. The number of carbonyl (C=O) groups is 1. The van der Waals surface area contributed by atoms with E-state index in [9.17, 15) is 9.90 Å². The van der Waals surface area contributed by atoms with Crippen molar-refractivity contribution in [1.82, 2.24) is 9.80 Å². The average molecular weight is 312 g/mol. The number of benzene rings is 2. The SMILES string of the molecule is Cc1ccccc1[C@H](C(=O)N(C)Cc1cccc(O)c1)N(C)C. The first kappa shape index (κ1) is 17.0. The van der Waals surface area contributed by atoms with E-state index in [-0.39, 0.29) is 17.7 Å². The highest BCUT2D eigenvalue weighted by atomic mass is 16.3. The number of rotatable bonds is 5. The predicted molar refractivity (Wildman–Crippen MR) is 92.2 cm³/mol. The van der Waals surface area contributed by atoms with Gasteiger partial charge in [-0.2, -0.15) is 0 Å². The van der Waals surface area contributed by atoms with Crippen LogP contribution in [0.1, 0.15) is 22.7 Å². The number of amides is 1. The third-order valence-corrected chi connectivity index (χ3v) is 3.94. The second-order valence-electron chi connectivity index (χ2n) is 6.09. The maximum absolute atomic E-state index is 12.9. The number of nitrogens with zero attached hydrogens (tertiary/aromatic N) is 2. The van der Waals surface area contributed by atoms with Gasteiger partial charge in [-0.1, -0.05) is 36.4 Å². The number of aromatic hydroxyl groups is 1. The second-order valence-corrected chi connectivity index (χ2v) is 6.09. The van der Waals surface area contributed by atoms with Crippen LogP contribution < -0.4 is 0 Å². The minimum Gasteiger partial charge on any atom is -0.508 e. The lowest BCUT2D eigenvalue weighted by atomic mass is 9.99. The molecule has 1 N–H and O–H groups in total. The van der Waals surface area contributed by atoms with Gasteiger partial charge in [-0.15, -0.1) is 0 Å². The van der Waals surface area contributed by atoms with Gasteiger partial charge in [0.25, 0.3) is 0 Å². The molecular weight excluding hydrogens is 288 g/mol. The largest absolute Gasteiger partial charge is 0.508 e. The average Bonchev–Trinajstić information content (AvgIpc) is 2.49. The van der Waals surface area contributed by atoms with Crippen LogP contribution in [0.2, 0.25) is 0 Å². The summed E-state index contributed by atoms with van der Waals surface area (Å²) in [6.07, 6.45) is 0. The molecule has 2 aromatic carbocycles. The van der Waals surface area contributed by atoms with Gasteiger partial charge in [0.15, 0.2) is 0 Å². The zero-order valence-corrected chi connectivity index (χ0v) is 14.2. The number of hydrogen-bond acceptors (Lipinski definition) is 3. The van der Waals surface area contributed by atoms with Crippen LogP contribution in [0.25, 0.3) is 0 Å². The molecule has 0 spiro atoms.